The minimum Gasteiger partial charge on any atom is -0.462 e. The molecule has 0 saturated carbocycles. The SMILES string of the molecule is CCOC(=O)c1cnc(Cc2cc(C(F)(F)F)cc(C(F)(F)F)c2)s1. The molecule has 2 rings (SSSR count). The first kappa shape index (κ1) is 19.2. The number of esters is 1. The number of nitrogens with zero attached hydrogens (tertiary/aromatic N) is 1. The van der Waals surface area contributed by atoms with E-state index in [9.17, 15) is 31.1 Å². The van der Waals surface area contributed by atoms with E-state index in [1.54, 1.807) is 6.92 Å². The molecule has 1 aromatic heterocycles. The quantitative estimate of drug-likeness (QED) is 0.554. The smallest absolute Gasteiger partial charge is 0.416 e. The molecule has 0 saturated heterocycles. The van der Waals surface area contributed by atoms with Crippen molar-refractivity contribution in [3.05, 3.63) is 51.0 Å². The van der Waals surface area contributed by atoms with Crippen molar-refractivity contribution in [2.45, 2.75) is 25.7 Å². The number of carbonyl (C=O) groups excluding carboxylic acids is 1. The van der Waals surface area contributed by atoms with Crippen LogP contribution in [0.4, 0.5) is 26.3 Å². The maximum Gasteiger partial charge on any atom is 0.416 e. The van der Waals surface area contributed by atoms with Crippen LogP contribution < -0.4 is 0 Å². The molecule has 0 aliphatic rings. The Hall–Kier alpha value is -2.10. The number of halogens is 6. The second-order valence-corrected chi connectivity index (χ2v) is 6.04. The van der Waals surface area contributed by atoms with Crippen LogP contribution in [0, 0.1) is 0 Å². The monoisotopic (exact) mass is 383 g/mol. The van der Waals surface area contributed by atoms with Gasteiger partial charge in [-0.25, -0.2) is 9.78 Å². The molecule has 0 aliphatic carbocycles. The number of ether oxygens (including phenoxy) is 1. The molecule has 10 heteroatoms. The van der Waals surface area contributed by atoms with Crippen molar-refractivity contribution in [1.29, 1.82) is 0 Å². The Labute approximate surface area is 142 Å². The molecule has 1 aromatic carbocycles. The van der Waals surface area contributed by atoms with E-state index in [2.05, 4.69) is 4.98 Å². The summed E-state index contributed by atoms with van der Waals surface area (Å²) in [6.45, 7) is 1.73. The van der Waals surface area contributed by atoms with Crippen LogP contribution >= 0.6 is 11.3 Å². The van der Waals surface area contributed by atoms with E-state index < -0.39 is 29.4 Å². The summed E-state index contributed by atoms with van der Waals surface area (Å²) < 4.78 is 81.7. The van der Waals surface area contributed by atoms with Crippen LogP contribution in [0.5, 0.6) is 0 Å². The van der Waals surface area contributed by atoms with Gasteiger partial charge in [-0.15, -0.1) is 11.3 Å². The number of hydrogen-bond donors (Lipinski definition) is 0. The van der Waals surface area contributed by atoms with E-state index in [1.807, 2.05) is 0 Å². The van der Waals surface area contributed by atoms with Gasteiger partial charge in [-0.3, -0.25) is 0 Å². The summed E-state index contributed by atoms with van der Waals surface area (Å²) in [4.78, 5) is 15.5. The third kappa shape index (κ3) is 4.94. The average molecular weight is 383 g/mol. The molecule has 0 spiro atoms. The highest BCUT2D eigenvalue weighted by Crippen LogP contribution is 2.36. The topological polar surface area (TPSA) is 39.2 Å². The summed E-state index contributed by atoms with van der Waals surface area (Å²) >= 11 is 0.854. The number of thiazole rings is 1. The van der Waals surface area contributed by atoms with Crippen molar-refractivity contribution in [2.75, 3.05) is 6.61 Å². The molecular weight excluding hydrogens is 372 g/mol. The maximum atomic E-state index is 12.8. The molecule has 2 aromatic rings. The maximum absolute atomic E-state index is 12.8. The number of hydrogen-bond acceptors (Lipinski definition) is 4. The largest absolute Gasteiger partial charge is 0.462 e. The number of rotatable bonds is 4. The molecule has 0 amide bonds. The molecule has 25 heavy (non-hydrogen) atoms. The zero-order chi connectivity index (χ0) is 18.8. The Kier molecular flexibility index (Phi) is 5.40. The van der Waals surface area contributed by atoms with E-state index in [4.69, 9.17) is 4.74 Å². The summed E-state index contributed by atoms with van der Waals surface area (Å²) in [5.41, 5.74) is -2.98. The highest BCUT2D eigenvalue weighted by molar-refractivity contribution is 7.13. The predicted octanol–water partition coefficient (Wildman–Crippen LogP) is 4.95. The first-order valence-corrected chi connectivity index (χ1v) is 7.72. The standard InChI is InChI=1S/C15H11F6NO2S/c1-2-24-13(23)11-7-22-12(25-11)5-8-3-9(14(16,17)18)6-10(4-8)15(19,20)21/h3-4,6-7H,2,5H2,1H3. The van der Waals surface area contributed by atoms with Crippen LogP contribution in [0.3, 0.4) is 0 Å². The lowest BCUT2D eigenvalue weighted by Gasteiger charge is -2.13. The number of alkyl halides is 6. The van der Waals surface area contributed by atoms with Crippen LogP contribution in [0.1, 0.15) is 38.3 Å². The van der Waals surface area contributed by atoms with Gasteiger partial charge < -0.3 is 4.74 Å². The third-order valence-electron chi connectivity index (χ3n) is 3.03. The van der Waals surface area contributed by atoms with Crippen molar-refractivity contribution < 1.29 is 35.9 Å². The average Bonchev–Trinajstić information content (AvgIpc) is 2.94. The molecule has 0 aliphatic heterocycles. The first-order chi connectivity index (χ1) is 11.5. The van der Waals surface area contributed by atoms with Crippen molar-refractivity contribution in [3.8, 4) is 0 Å². The third-order valence-corrected chi connectivity index (χ3v) is 4.01. The summed E-state index contributed by atoms with van der Waals surface area (Å²) in [5, 5.41) is 0.204. The van der Waals surface area contributed by atoms with Gasteiger partial charge >= 0.3 is 18.3 Å². The zero-order valence-electron chi connectivity index (χ0n) is 12.7. The van der Waals surface area contributed by atoms with E-state index in [0.29, 0.717) is 12.1 Å². The molecule has 3 nitrogen and oxygen atoms in total. The summed E-state index contributed by atoms with van der Waals surface area (Å²) in [7, 11) is 0. The number of benzene rings is 1. The zero-order valence-corrected chi connectivity index (χ0v) is 13.5. The predicted molar refractivity (Wildman–Crippen MR) is 77.3 cm³/mol. The molecule has 1 heterocycles. The number of aromatic nitrogens is 1. The Morgan fingerprint density at radius 3 is 2.12 bits per heavy atom. The lowest BCUT2D eigenvalue weighted by atomic mass is 10.0. The summed E-state index contributed by atoms with van der Waals surface area (Å²) in [6, 6.07) is 1.34. The van der Waals surface area contributed by atoms with Crippen LogP contribution in [-0.4, -0.2) is 17.6 Å². The molecule has 136 valence electrons. The molecule has 0 fully saturated rings. The lowest BCUT2D eigenvalue weighted by Crippen LogP contribution is -2.12. The van der Waals surface area contributed by atoms with Crippen molar-refractivity contribution >= 4 is 17.3 Å². The van der Waals surface area contributed by atoms with Crippen molar-refractivity contribution in [1.82, 2.24) is 4.98 Å². The van der Waals surface area contributed by atoms with Gasteiger partial charge in [-0.05, 0) is 30.7 Å². The van der Waals surface area contributed by atoms with Gasteiger partial charge in [0, 0.05) is 6.42 Å². The first-order valence-electron chi connectivity index (χ1n) is 6.91. The van der Waals surface area contributed by atoms with Gasteiger partial charge in [0.2, 0.25) is 0 Å². The lowest BCUT2D eigenvalue weighted by molar-refractivity contribution is -0.143. The normalized spacial score (nSPS) is 12.3. The van der Waals surface area contributed by atoms with Crippen LogP contribution in [0.2, 0.25) is 0 Å². The van der Waals surface area contributed by atoms with Gasteiger partial charge in [-0.1, -0.05) is 0 Å². The summed E-state index contributed by atoms with van der Waals surface area (Å²) in [5.74, 6) is -0.647. The fourth-order valence-electron chi connectivity index (χ4n) is 1.98. The van der Waals surface area contributed by atoms with Crippen LogP contribution in [0.25, 0.3) is 0 Å². The van der Waals surface area contributed by atoms with Gasteiger partial charge in [0.15, 0.2) is 0 Å². The molecular formula is C15H11F6NO2S. The number of carbonyl (C=O) groups is 1. The van der Waals surface area contributed by atoms with E-state index in [1.165, 1.54) is 6.20 Å². The molecule has 0 bridgehead atoms. The molecule has 0 unspecified atom stereocenters. The fraction of sp³-hybridized carbons (Fsp3) is 0.333. The van der Waals surface area contributed by atoms with Crippen LogP contribution in [0.15, 0.2) is 24.4 Å². The Bertz CT molecular complexity index is 734. The molecule has 0 radical (unpaired) electrons. The van der Waals surface area contributed by atoms with Crippen molar-refractivity contribution in [3.63, 3.8) is 0 Å². The van der Waals surface area contributed by atoms with Gasteiger partial charge in [0.05, 0.1) is 28.9 Å². The Morgan fingerprint density at radius 1 is 1.08 bits per heavy atom. The Balaban J connectivity index is 2.34. The van der Waals surface area contributed by atoms with Crippen molar-refractivity contribution in [2.24, 2.45) is 0 Å². The van der Waals surface area contributed by atoms with E-state index >= 15 is 0 Å². The van der Waals surface area contributed by atoms with E-state index in [-0.39, 0.29) is 34.5 Å². The summed E-state index contributed by atoms with van der Waals surface area (Å²) in [6.07, 6.45) is -8.91. The highest BCUT2D eigenvalue weighted by Gasteiger charge is 2.36. The Morgan fingerprint density at radius 2 is 1.64 bits per heavy atom. The molecule has 0 N–H and O–H groups in total. The second kappa shape index (κ2) is 7.03. The van der Waals surface area contributed by atoms with Crippen LogP contribution in [-0.2, 0) is 23.5 Å². The minimum atomic E-state index is -4.91. The fourth-order valence-corrected chi connectivity index (χ4v) is 2.83. The molecule has 0 atom stereocenters. The second-order valence-electron chi connectivity index (χ2n) is 4.93. The van der Waals surface area contributed by atoms with Gasteiger partial charge in [-0.2, -0.15) is 26.3 Å². The minimum absolute atomic E-state index is 0.0649. The highest BCUT2D eigenvalue weighted by atomic mass is 32.1. The van der Waals surface area contributed by atoms with E-state index in [0.717, 1.165) is 11.3 Å². The van der Waals surface area contributed by atoms with Gasteiger partial charge in [0.25, 0.3) is 0 Å². The van der Waals surface area contributed by atoms with Gasteiger partial charge in [0.1, 0.15) is 4.88 Å².